The predicted octanol–water partition coefficient (Wildman–Crippen LogP) is 1.93. The number of hydrogen-bond donors (Lipinski definition) is 1. The van der Waals surface area contributed by atoms with Gasteiger partial charge in [-0.2, -0.15) is 0 Å². The monoisotopic (exact) mass is 354 g/mol. The Labute approximate surface area is 132 Å². The molecule has 0 saturated heterocycles. The van der Waals surface area contributed by atoms with Crippen molar-refractivity contribution in [3.63, 3.8) is 0 Å². The average Bonchev–Trinajstić information content (AvgIpc) is 2.88. The number of benzene rings is 1. The number of ether oxygens (including phenoxy) is 2. The Morgan fingerprint density at radius 1 is 1.29 bits per heavy atom. The lowest BCUT2D eigenvalue weighted by atomic mass is 10.2. The number of hydrogen-bond acceptors (Lipinski definition) is 5. The van der Waals surface area contributed by atoms with Crippen LogP contribution in [0.1, 0.15) is 11.4 Å². The third-order valence-corrected chi connectivity index (χ3v) is 3.74. The molecule has 6 nitrogen and oxygen atoms in total. The second kappa shape index (κ2) is 7.42. The zero-order valence-corrected chi connectivity index (χ0v) is 14.0. The van der Waals surface area contributed by atoms with Gasteiger partial charge in [0.2, 0.25) is 0 Å². The van der Waals surface area contributed by atoms with Crippen molar-refractivity contribution in [2.75, 3.05) is 20.8 Å². The van der Waals surface area contributed by atoms with Crippen molar-refractivity contribution >= 4 is 15.9 Å². The van der Waals surface area contributed by atoms with E-state index in [0.29, 0.717) is 5.75 Å². The van der Waals surface area contributed by atoms with E-state index in [4.69, 9.17) is 9.47 Å². The number of halogens is 1. The molecule has 1 N–H and O–H groups in total. The van der Waals surface area contributed by atoms with Crippen molar-refractivity contribution in [3.8, 4) is 11.5 Å². The van der Waals surface area contributed by atoms with Gasteiger partial charge in [-0.1, -0.05) is 0 Å². The fraction of sp³-hybridized carbons (Fsp3) is 0.429. The first kappa shape index (κ1) is 15.8. The van der Waals surface area contributed by atoms with Gasteiger partial charge in [-0.15, -0.1) is 10.2 Å². The smallest absolute Gasteiger partial charge is 0.174 e. The summed E-state index contributed by atoms with van der Waals surface area (Å²) >= 11 is 3.49. The predicted molar refractivity (Wildman–Crippen MR) is 83.7 cm³/mol. The van der Waals surface area contributed by atoms with Crippen LogP contribution in [0, 0.1) is 0 Å². The van der Waals surface area contributed by atoms with Gasteiger partial charge in [-0.3, -0.25) is 0 Å². The van der Waals surface area contributed by atoms with Crippen molar-refractivity contribution in [2.45, 2.75) is 13.0 Å². The largest absolute Gasteiger partial charge is 0.493 e. The average molecular weight is 355 g/mol. The van der Waals surface area contributed by atoms with E-state index in [1.807, 2.05) is 23.7 Å². The molecule has 0 unspecified atom stereocenters. The highest BCUT2D eigenvalue weighted by Gasteiger charge is 2.10. The van der Waals surface area contributed by atoms with Crippen LogP contribution in [0.15, 0.2) is 22.9 Å². The second-order valence-corrected chi connectivity index (χ2v) is 5.45. The molecule has 2 aromatic rings. The Bertz CT molecular complexity index is 601. The minimum Gasteiger partial charge on any atom is -0.493 e. The van der Waals surface area contributed by atoms with Crippen LogP contribution in [0.3, 0.4) is 0 Å². The zero-order valence-electron chi connectivity index (χ0n) is 12.4. The molecule has 0 saturated carbocycles. The van der Waals surface area contributed by atoms with Gasteiger partial charge in [0.1, 0.15) is 12.2 Å². The summed E-state index contributed by atoms with van der Waals surface area (Å²) in [6, 6.07) is 4.00. The molecule has 0 amide bonds. The van der Waals surface area contributed by atoms with Crippen molar-refractivity contribution in [1.82, 2.24) is 20.1 Å². The van der Waals surface area contributed by atoms with Crippen LogP contribution in [0.2, 0.25) is 0 Å². The van der Waals surface area contributed by atoms with E-state index in [2.05, 4.69) is 31.4 Å². The van der Waals surface area contributed by atoms with Crippen LogP contribution in [-0.4, -0.2) is 35.5 Å². The third kappa shape index (κ3) is 3.95. The summed E-state index contributed by atoms with van der Waals surface area (Å²) in [5.74, 6) is 2.40. The van der Waals surface area contributed by atoms with E-state index in [-0.39, 0.29) is 0 Å². The van der Waals surface area contributed by atoms with Gasteiger partial charge in [0.15, 0.2) is 11.5 Å². The Kier molecular flexibility index (Phi) is 5.58. The summed E-state index contributed by atoms with van der Waals surface area (Å²) in [5, 5.41) is 11.3. The van der Waals surface area contributed by atoms with Crippen LogP contribution >= 0.6 is 15.9 Å². The molecule has 21 heavy (non-hydrogen) atoms. The topological polar surface area (TPSA) is 61.2 Å². The lowest BCUT2D eigenvalue weighted by Crippen LogP contribution is -2.18. The Morgan fingerprint density at radius 3 is 2.71 bits per heavy atom. The summed E-state index contributed by atoms with van der Waals surface area (Å²) in [4.78, 5) is 0. The number of methoxy groups -OCH3 is 2. The maximum absolute atomic E-state index is 5.33. The van der Waals surface area contributed by atoms with E-state index in [1.54, 1.807) is 20.5 Å². The number of aryl methyl sites for hydroxylation is 1. The van der Waals surface area contributed by atoms with Crippen molar-refractivity contribution < 1.29 is 9.47 Å². The van der Waals surface area contributed by atoms with Crippen LogP contribution in [-0.2, 0) is 20.0 Å². The Balaban J connectivity index is 1.91. The molecule has 0 spiro atoms. The maximum Gasteiger partial charge on any atom is 0.174 e. The van der Waals surface area contributed by atoms with Crippen LogP contribution in [0.5, 0.6) is 11.5 Å². The molecule has 0 fully saturated rings. The van der Waals surface area contributed by atoms with Crippen LogP contribution in [0.4, 0.5) is 0 Å². The van der Waals surface area contributed by atoms with Crippen molar-refractivity contribution in [3.05, 3.63) is 34.3 Å². The number of rotatable bonds is 7. The van der Waals surface area contributed by atoms with Gasteiger partial charge >= 0.3 is 0 Å². The van der Waals surface area contributed by atoms with E-state index in [0.717, 1.165) is 41.1 Å². The standard InChI is InChI=1S/C14H19BrN4O2/c1-19-9-17-18-13(19)4-5-16-8-10-6-11(15)14(21-3)12(7-10)20-2/h6-7,9,16H,4-5,8H2,1-3H3. The van der Waals surface area contributed by atoms with E-state index in [9.17, 15) is 0 Å². The highest BCUT2D eigenvalue weighted by Crippen LogP contribution is 2.36. The summed E-state index contributed by atoms with van der Waals surface area (Å²) < 4.78 is 13.4. The van der Waals surface area contributed by atoms with Gasteiger partial charge in [0.05, 0.1) is 18.7 Å². The molecule has 2 rings (SSSR count). The maximum atomic E-state index is 5.33. The third-order valence-electron chi connectivity index (χ3n) is 3.15. The van der Waals surface area contributed by atoms with Crippen LogP contribution < -0.4 is 14.8 Å². The number of nitrogens with one attached hydrogen (secondary N) is 1. The first-order valence-corrected chi connectivity index (χ1v) is 7.39. The lowest BCUT2D eigenvalue weighted by Gasteiger charge is -2.12. The number of nitrogens with zero attached hydrogens (tertiary/aromatic N) is 3. The molecule has 0 aliphatic heterocycles. The zero-order chi connectivity index (χ0) is 15.2. The highest BCUT2D eigenvalue weighted by molar-refractivity contribution is 9.10. The minimum absolute atomic E-state index is 0.709. The molecule has 0 aliphatic rings. The van der Waals surface area contributed by atoms with E-state index in [1.165, 1.54) is 0 Å². The lowest BCUT2D eigenvalue weighted by molar-refractivity contribution is 0.352. The fourth-order valence-corrected chi connectivity index (χ4v) is 2.69. The molecule has 0 bridgehead atoms. The summed E-state index contributed by atoms with van der Waals surface area (Å²) in [7, 11) is 5.21. The Morgan fingerprint density at radius 2 is 2.10 bits per heavy atom. The van der Waals surface area contributed by atoms with E-state index >= 15 is 0 Å². The molecule has 0 radical (unpaired) electrons. The number of aromatic nitrogens is 3. The summed E-state index contributed by atoms with van der Waals surface area (Å²) in [6.45, 7) is 1.58. The normalized spacial score (nSPS) is 10.7. The first-order valence-electron chi connectivity index (χ1n) is 6.59. The molecule has 0 aliphatic carbocycles. The van der Waals surface area contributed by atoms with Crippen molar-refractivity contribution in [1.29, 1.82) is 0 Å². The second-order valence-electron chi connectivity index (χ2n) is 4.60. The highest BCUT2D eigenvalue weighted by atomic mass is 79.9. The first-order chi connectivity index (χ1) is 10.2. The van der Waals surface area contributed by atoms with Gasteiger partial charge in [-0.25, -0.2) is 0 Å². The molecule has 1 heterocycles. The molecule has 114 valence electrons. The van der Waals surface area contributed by atoms with Crippen LogP contribution in [0.25, 0.3) is 0 Å². The molecular weight excluding hydrogens is 336 g/mol. The minimum atomic E-state index is 0.709. The van der Waals surface area contributed by atoms with E-state index < -0.39 is 0 Å². The Hall–Kier alpha value is -1.60. The molecular formula is C14H19BrN4O2. The quantitative estimate of drug-likeness (QED) is 0.769. The van der Waals surface area contributed by atoms with Gasteiger partial charge in [-0.05, 0) is 33.6 Å². The molecule has 1 aromatic carbocycles. The summed E-state index contributed by atoms with van der Waals surface area (Å²) in [5.41, 5.74) is 1.12. The SMILES string of the molecule is COc1cc(CNCCc2nncn2C)cc(Br)c1OC. The van der Waals surface area contributed by atoms with Gasteiger partial charge < -0.3 is 19.4 Å². The van der Waals surface area contributed by atoms with Gasteiger partial charge in [0, 0.05) is 26.6 Å². The molecule has 0 atom stereocenters. The molecule has 1 aromatic heterocycles. The summed E-state index contributed by atoms with van der Waals surface area (Å²) in [6.07, 6.45) is 2.55. The van der Waals surface area contributed by atoms with Crippen molar-refractivity contribution in [2.24, 2.45) is 7.05 Å². The molecule has 7 heteroatoms. The van der Waals surface area contributed by atoms with Gasteiger partial charge in [0.25, 0.3) is 0 Å². The fourth-order valence-electron chi connectivity index (χ4n) is 2.04.